The maximum absolute atomic E-state index is 13.8. The van der Waals surface area contributed by atoms with E-state index < -0.39 is 68.6 Å². The van der Waals surface area contributed by atoms with E-state index >= 15 is 0 Å². The second-order valence-corrected chi connectivity index (χ2v) is 4.73. The zero-order valence-corrected chi connectivity index (χ0v) is 11.6. The summed E-state index contributed by atoms with van der Waals surface area (Å²) in [4.78, 5) is 0. The Kier molecular flexibility index (Phi) is 4.41. The molecule has 0 saturated carbocycles. The van der Waals surface area contributed by atoms with E-state index in [9.17, 15) is 35.1 Å². The van der Waals surface area contributed by atoms with Gasteiger partial charge >= 0.3 is 0 Å². The minimum atomic E-state index is -2.06. The number of benzene rings is 2. The minimum absolute atomic E-state index is 0.111. The Morgan fingerprint density at radius 3 is 1.04 bits per heavy atom. The molecule has 23 heavy (non-hydrogen) atoms. The van der Waals surface area contributed by atoms with Gasteiger partial charge in [-0.1, -0.05) is 0 Å². The minimum Gasteiger partial charge on any atom is -0.207 e. The van der Waals surface area contributed by atoms with Gasteiger partial charge in [-0.3, -0.25) is 0 Å². The van der Waals surface area contributed by atoms with Gasteiger partial charge in [0.1, 0.15) is 11.6 Å². The molecule has 0 amide bonds. The molecule has 0 aromatic heterocycles. The second-order valence-electron chi connectivity index (χ2n) is 4.73. The van der Waals surface area contributed by atoms with Crippen molar-refractivity contribution in [3.05, 3.63) is 57.7 Å². The first kappa shape index (κ1) is 17.3. The monoisotopic (exact) mass is 337 g/mol. The zero-order chi connectivity index (χ0) is 17.6. The number of hydrogen-bond donors (Lipinski definition) is 0. The molecule has 9 heteroatoms. The molecule has 0 bridgehead atoms. The van der Waals surface area contributed by atoms with E-state index in [1.165, 1.54) is 0 Å². The normalized spacial score (nSPS) is 11.0. The highest BCUT2D eigenvalue weighted by Gasteiger charge is 2.28. The average molecular weight is 337 g/mol. The lowest BCUT2D eigenvalue weighted by atomic mass is 9.62. The summed E-state index contributed by atoms with van der Waals surface area (Å²) >= 11 is 0. The van der Waals surface area contributed by atoms with E-state index in [0.29, 0.717) is 0 Å². The Labute approximate surface area is 126 Å². The lowest BCUT2D eigenvalue weighted by Crippen LogP contribution is -2.39. The van der Waals surface area contributed by atoms with Gasteiger partial charge in [0, 0.05) is 11.1 Å². The van der Waals surface area contributed by atoms with Gasteiger partial charge in [0.2, 0.25) is 7.28 Å². The fourth-order valence-corrected chi connectivity index (χ4v) is 1.95. The lowest BCUT2D eigenvalue weighted by Gasteiger charge is -2.12. The summed E-state index contributed by atoms with van der Waals surface area (Å²) in [7, 11) is 0.111. The summed E-state index contributed by atoms with van der Waals surface area (Å²) in [5.74, 6) is -15.1. The molecular weight excluding hydrogens is 331 g/mol. The van der Waals surface area contributed by atoms with Crippen LogP contribution in [0.3, 0.4) is 0 Å². The second kappa shape index (κ2) is 5.86. The van der Waals surface area contributed by atoms with E-state index in [-0.39, 0.29) is 7.28 Å². The van der Waals surface area contributed by atoms with E-state index in [4.69, 9.17) is 0 Å². The van der Waals surface area contributed by atoms with Gasteiger partial charge in [0.25, 0.3) is 0 Å². The van der Waals surface area contributed by atoms with Crippen molar-refractivity contribution in [1.82, 2.24) is 0 Å². The van der Waals surface area contributed by atoms with Gasteiger partial charge in [-0.15, -0.1) is 0 Å². The largest absolute Gasteiger partial charge is 0.207 e. The van der Waals surface area contributed by atoms with E-state index in [2.05, 4.69) is 0 Å². The molecule has 0 fully saturated rings. The molecule has 121 valence electrons. The third kappa shape index (κ3) is 2.57. The topological polar surface area (TPSA) is 0 Å². The van der Waals surface area contributed by atoms with Crippen LogP contribution in [0.4, 0.5) is 35.1 Å². The molecule has 0 nitrogen and oxygen atoms in total. The maximum Gasteiger partial charge on any atom is 0.207 e. The first-order chi connectivity index (χ1) is 10.6. The highest BCUT2D eigenvalue weighted by Crippen LogP contribution is 2.19. The molecule has 2 aromatic rings. The SMILES string of the molecule is Cc1c(F)c(F)c(F)c([B]c2c(F)c(C)c(F)c(F)c2F)c1F. The summed E-state index contributed by atoms with van der Waals surface area (Å²) in [6.45, 7) is 1.54. The molecule has 0 unspecified atom stereocenters. The van der Waals surface area contributed by atoms with Crippen LogP contribution in [0.25, 0.3) is 0 Å². The molecule has 2 aromatic carbocycles. The van der Waals surface area contributed by atoms with Crippen molar-refractivity contribution in [2.45, 2.75) is 13.8 Å². The quantitative estimate of drug-likeness (QED) is 0.342. The molecule has 0 aliphatic heterocycles. The smallest absolute Gasteiger partial charge is 0.207 e. The number of halogens is 8. The van der Waals surface area contributed by atoms with Crippen LogP contribution in [0.15, 0.2) is 0 Å². The summed E-state index contributed by atoms with van der Waals surface area (Å²) in [5.41, 5.74) is -4.50. The van der Waals surface area contributed by atoms with Crippen molar-refractivity contribution in [2.75, 3.05) is 0 Å². The van der Waals surface area contributed by atoms with Crippen LogP contribution in [-0.4, -0.2) is 7.28 Å². The van der Waals surface area contributed by atoms with Crippen LogP contribution in [0.5, 0.6) is 0 Å². The third-order valence-corrected chi connectivity index (χ3v) is 3.32. The summed E-state index contributed by atoms with van der Waals surface area (Å²) in [5, 5.41) is 0. The lowest BCUT2D eigenvalue weighted by molar-refractivity contribution is 0.433. The predicted octanol–water partition coefficient (Wildman–Crippen LogP) is 3.07. The third-order valence-electron chi connectivity index (χ3n) is 3.32. The van der Waals surface area contributed by atoms with Crippen LogP contribution in [0.1, 0.15) is 11.1 Å². The predicted molar refractivity (Wildman–Crippen MR) is 67.0 cm³/mol. The molecule has 0 aliphatic carbocycles. The van der Waals surface area contributed by atoms with Gasteiger partial charge in [0.15, 0.2) is 34.9 Å². The van der Waals surface area contributed by atoms with E-state index in [0.717, 1.165) is 13.8 Å². The first-order valence-corrected chi connectivity index (χ1v) is 6.09. The Morgan fingerprint density at radius 1 is 0.435 bits per heavy atom. The molecule has 0 saturated heterocycles. The van der Waals surface area contributed by atoms with Crippen LogP contribution >= 0.6 is 0 Å². The fraction of sp³-hybridized carbons (Fsp3) is 0.143. The van der Waals surface area contributed by atoms with Crippen LogP contribution in [0.2, 0.25) is 0 Å². The standard InChI is InChI=1S/C14H6BF8/c1-3-7(16)5(11(20)13(22)9(3)18)15-6-8(17)4(2)10(19)14(23)12(6)21/h1-2H3. The van der Waals surface area contributed by atoms with Gasteiger partial charge in [0.05, 0.1) is 0 Å². The highest BCUT2D eigenvalue weighted by molar-refractivity contribution is 6.67. The fourth-order valence-electron chi connectivity index (χ4n) is 1.95. The van der Waals surface area contributed by atoms with Crippen molar-refractivity contribution in [3.63, 3.8) is 0 Å². The molecule has 0 aliphatic rings. The van der Waals surface area contributed by atoms with E-state index in [1.54, 1.807) is 0 Å². The van der Waals surface area contributed by atoms with Crippen molar-refractivity contribution in [2.24, 2.45) is 0 Å². The average Bonchev–Trinajstić information content (AvgIpc) is 2.54. The van der Waals surface area contributed by atoms with Crippen LogP contribution in [-0.2, 0) is 0 Å². The Hall–Kier alpha value is -2.06. The van der Waals surface area contributed by atoms with Gasteiger partial charge in [-0.05, 0) is 24.8 Å². The van der Waals surface area contributed by atoms with Crippen molar-refractivity contribution in [1.29, 1.82) is 0 Å². The highest BCUT2D eigenvalue weighted by atomic mass is 19.2. The molecule has 1 radical (unpaired) electrons. The maximum atomic E-state index is 13.8. The molecule has 2 rings (SSSR count). The van der Waals surface area contributed by atoms with Crippen molar-refractivity contribution in [3.8, 4) is 0 Å². The molecule has 0 heterocycles. The summed E-state index contributed by atoms with van der Waals surface area (Å²) in [6.07, 6.45) is 0. The number of hydrogen-bond acceptors (Lipinski definition) is 0. The Bertz CT molecular complexity index is 690. The Morgan fingerprint density at radius 2 is 0.739 bits per heavy atom. The summed E-state index contributed by atoms with van der Waals surface area (Å²) < 4.78 is 108. The van der Waals surface area contributed by atoms with Crippen LogP contribution < -0.4 is 10.9 Å². The molecule has 0 spiro atoms. The van der Waals surface area contributed by atoms with Gasteiger partial charge in [-0.2, -0.15) is 0 Å². The Balaban J connectivity index is 2.71. The molecule has 0 N–H and O–H groups in total. The van der Waals surface area contributed by atoms with Gasteiger partial charge in [-0.25, -0.2) is 35.1 Å². The van der Waals surface area contributed by atoms with E-state index in [1.807, 2.05) is 0 Å². The first-order valence-electron chi connectivity index (χ1n) is 6.09. The number of rotatable bonds is 2. The zero-order valence-electron chi connectivity index (χ0n) is 11.6. The van der Waals surface area contributed by atoms with Crippen LogP contribution in [0, 0.1) is 60.4 Å². The molecule has 0 atom stereocenters. The van der Waals surface area contributed by atoms with Crippen molar-refractivity contribution < 1.29 is 35.1 Å². The molecular formula is C14H6BF8. The summed E-state index contributed by atoms with van der Waals surface area (Å²) in [6, 6.07) is 0. The van der Waals surface area contributed by atoms with Crippen molar-refractivity contribution >= 4 is 18.2 Å². The van der Waals surface area contributed by atoms with Gasteiger partial charge < -0.3 is 0 Å².